The van der Waals surface area contributed by atoms with Crippen molar-refractivity contribution in [3.63, 3.8) is 0 Å². The van der Waals surface area contributed by atoms with E-state index in [2.05, 4.69) is 14.8 Å². The van der Waals surface area contributed by atoms with Crippen LogP contribution >= 0.6 is 0 Å². The van der Waals surface area contributed by atoms with Gasteiger partial charge >= 0.3 is 0 Å². The zero-order chi connectivity index (χ0) is 9.97. The first-order chi connectivity index (χ1) is 6.75. The normalized spacial score (nSPS) is 18.7. The maximum atomic E-state index is 4.41. The first-order valence-electron chi connectivity index (χ1n) is 5.64. The van der Waals surface area contributed by atoms with Gasteiger partial charge in [0.25, 0.3) is 0 Å². The van der Waals surface area contributed by atoms with E-state index in [0.717, 1.165) is 24.1 Å². The summed E-state index contributed by atoms with van der Waals surface area (Å²) in [6.45, 7) is 5.08. The molecule has 0 saturated heterocycles. The Hall–Kier alpha value is -0.860. The van der Waals surface area contributed by atoms with E-state index in [0.29, 0.717) is 0 Å². The van der Waals surface area contributed by atoms with E-state index in [-0.39, 0.29) is 0 Å². The Kier molecular flexibility index (Phi) is 2.85. The van der Waals surface area contributed by atoms with Gasteiger partial charge in [-0.05, 0) is 32.6 Å². The number of nitrogens with zero attached hydrogens (tertiary/aromatic N) is 3. The fourth-order valence-corrected chi connectivity index (χ4v) is 2.35. The van der Waals surface area contributed by atoms with Crippen molar-refractivity contribution in [1.29, 1.82) is 0 Å². The Morgan fingerprint density at radius 3 is 2.50 bits per heavy atom. The van der Waals surface area contributed by atoms with Crippen molar-refractivity contribution >= 4 is 0 Å². The van der Waals surface area contributed by atoms with Crippen LogP contribution in [0.5, 0.6) is 0 Å². The molecular formula is C11H19N3. The summed E-state index contributed by atoms with van der Waals surface area (Å²) in [6, 6.07) is 0. The van der Waals surface area contributed by atoms with Crippen LogP contribution in [0.25, 0.3) is 0 Å². The van der Waals surface area contributed by atoms with Crippen LogP contribution in [0.1, 0.15) is 43.8 Å². The maximum absolute atomic E-state index is 4.41. The molecule has 0 bridgehead atoms. The van der Waals surface area contributed by atoms with Crippen LogP contribution in [0, 0.1) is 19.8 Å². The van der Waals surface area contributed by atoms with Gasteiger partial charge in [-0.1, -0.05) is 19.3 Å². The second-order valence-corrected chi connectivity index (χ2v) is 4.39. The number of hydrogen-bond donors (Lipinski definition) is 0. The van der Waals surface area contributed by atoms with Crippen molar-refractivity contribution in [2.24, 2.45) is 5.92 Å². The average molecular weight is 193 g/mol. The van der Waals surface area contributed by atoms with Crippen LogP contribution in [-0.2, 0) is 6.54 Å². The number of rotatable bonds is 2. The highest BCUT2D eigenvalue weighted by atomic mass is 15.3. The largest absolute Gasteiger partial charge is 0.250 e. The molecule has 0 aromatic carbocycles. The highest BCUT2D eigenvalue weighted by Crippen LogP contribution is 2.24. The molecule has 0 aliphatic heterocycles. The predicted molar refractivity (Wildman–Crippen MR) is 56.1 cm³/mol. The van der Waals surface area contributed by atoms with Gasteiger partial charge < -0.3 is 0 Å². The zero-order valence-electron chi connectivity index (χ0n) is 9.16. The standard InChI is InChI=1S/C11H19N3/c1-9-12-10(2)14(13-9)8-11-6-4-3-5-7-11/h11H,3-8H2,1-2H3. The van der Waals surface area contributed by atoms with Crippen LogP contribution in [-0.4, -0.2) is 14.8 Å². The molecule has 14 heavy (non-hydrogen) atoms. The minimum Gasteiger partial charge on any atom is -0.250 e. The fraction of sp³-hybridized carbons (Fsp3) is 0.818. The molecule has 0 unspecified atom stereocenters. The van der Waals surface area contributed by atoms with Crippen molar-refractivity contribution in [3.05, 3.63) is 11.6 Å². The van der Waals surface area contributed by atoms with E-state index in [9.17, 15) is 0 Å². The highest BCUT2D eigenvalue weighted by molar-refractivity contribution is 4.88. The molecule has 1 saturated carbocycles. The molecule has 0 atom stereocenters. The minimum atomic E-state index is 0.837. The van der Waals surface area contributed by atoms with Gasteiger partial charge in [0.2, 0.25) is 0 Å². The summed E-state index contributed by atoms with van der Waals surface area (Å²) in [4.78, 5) is 4.33. The molecule has 1 aromatic heterocycles. The van der Waals surface area contributed by atoms with Gasteiger partial charge in [-0.25, -0.2) is 9.67 Å². The second kappa shape index (κ2) is 4.11. The van der Waals surface area contributed by atoms with Crippen LogP contribution in [0.3, 0.4) is 0 Å². The molecule has 1 heterocycles. The maximum Gasteiger partial charge on any atom is 0.147 e. The summed E-state index contributed by atoms with van der Waals surface area (Å²) in [5, 5.41) is 4.41. The molecule has 0 N–H and O–H groups in total. The summed E-state index contributed by atoms with van der Waals surface area (Å²) in [5.74, 6) is 2.80. The highest BCUT2D eigenvalue weighted by Gasteiger charge is 2.15. The Morgan fingerprint density at radius 1 is 1.21 bits per heavy atom. The van der Waals surface area contributed by atoms with Gasteiger partial charge in [-0.15, -0.1) is 0 Å². The molecule has 1 aliphatic carbocycles. The number of aryl methyl sites for hydroxylation is 2. The van der Waals surface area contributed by atoms with E-state index in [1.165, 1.54) is 32.1 Å². The molecule has 3 heteroatoms. The SMILES string of the molecule is Cc1nc(C)n(CC2CCCCC2)n1. The Morgan fingerprint density at radius 2 is 1.93 bits per heavy atom. The Labute approximate surface area is 85.5 Å². The molecule has 0 radical (unpaired) electrons. The monoisotopic (exact) mass is 193 g/mol. The lowest BCUT2D eigenvalue weighted by molar-refractivity contribution is 0.305. The second-order valence-electron chi connectivity index (χ2n) is 4.39. The lowest BCUT2D eigenvalue weighted by Gasteiger charge is -2.21. The fourth-order valence-electron chi connectivity index (χ4n) is 2.35. The van der Waals surface area contributed by atoms with Gasteiger partial charge in [0.15, 0.2) is 0 Å². The summed E-state index contributed by atoms with van der Waals surface area (Å²) in [7, 11) is 0. The van der Waals surface area contributed by atoms with Gasteiger partial charge in [-0.3, -0.25) is 0 Å². The van der Waals surface area contributed by atoms with E-state index in [4.69, 9.17) is 0 Å². The van der Waals surface area contributed by atoms with Gasteiger partial charge in [0, 0.05) is 6.54 Å². The van der Waals surface area contributed by atoms with Crippen LogP contribution < -0.4 is 0 Å². The molecule has 0 spiro atoms. The van der Waals surface area contributed by atoms with E-state index < -0.39 is 0 Å². The first-order valence-corrected chi connectivity index (χ1v) is 5.64. The molecule has 78 valence electrons. The number of aromatic nitrogens is 3. The summed E-state index contributed by atoms with van der Waals surface area (Å²) in [5.41, 5.74) is 0. The molecular weight excluding hydrogens is 174 g/mol. The third-order valence-electron chi connectivity index (χ3n) is 3.12. The van der Waals surface area contributed by atoms with Crippen molar-refractivity contribution < 1.29 is 0 Å². The first kappa shape index (κ1) is 9.69. The summed E-state index contributed by atoms with van der Waals surface area (Å²) < 4.78 is 2.07. The Balaban J connectivity index is 1.98. The molecule has 0 amide bonds. The van der Waals surface area contributed by atoms with Crippen LogP contribution in [0.2, 0.25) is 0 Å². The third kappa shape index (κ3) is 2.14. The smallest absolute Gasteiger partial charge is 0.147 e. The lowest BCUT2D eigenvalue weighted by Crippen LogP contribution is -2.16. The zero-order valence-corrected chi connectivity index (χ0v) is 9.16. The van der Waals surface area contributed by atoms with Crippen molar-refractivity contribution in [2.75, 3.05) is 0 Å². The van der Waals surface area contributed by atoms with Gasteiger partial charge in [0.1, 0.15) is 11.6 Å². The predicted octanol–water partition coefficient (Wildman–Crippen LogP) is 2.48. The van der Waals surface area contributed by atoms with Crippen molar-refractivity contribution in [2.45, 2.75) is 52.5 Å². The minimum absolute atomic E-state index is 0.837. The van der Waals surface area contributed by atoms with Crippen molar-refractivity contribution in [3.8, 4) is 0 Å². The van der Waals surface area contributed by atoms with Gasteiger partial charge in [0.05, 0.1) is 0 Å². The van der Waals surface area contributed by atoms with Crippen LogP contribution in [0.15, 0.2) is 0 Å². The molecule has 3 nitrogen and oxygen atoms in total. The van der Waals surface area contributed by atoms with E-state index >= 15 is 0 Å². The number of hydrogen-bond acceptors (Lipinski definition) is 2. The quantitative estimate of drug-likeness (QED) is 0.722. The lowest BCUT2D eigenvalue weighted by atomic mass is 9.89. The topological polar surface area (TPSA) is 30.7 Å². The Bertz CT molecular complexity index is 297. The summed E-state index contributed by atoms with van der Waals surface area (Å²) >= 11 is 0. The molecule has 2 rings (SSSR count). The molecule has 1 aromatic rings. The van der Waals surface area contributed by atoms with E-state index in [1.54, 1.807) is 0 Å². The summed E-state index contributed by atoms with van der Waals surface area (Å²) in [6.07, 6.45) is 6.97. The average Bonchev–Trinajstić information content (AvgIpc) is 2.47. The molecule has 1 aliphatic rings. The third-order valence-corrected chi connectivity index (χ3v) is 3.12. The molecule has 1 fully saturated rings. The van der Waals surface area contributed by atoms with Gasteiger partial charge in [-0.2, -0.15) is 5.10 Å². The van der Waals surface area contributed by atoms with E-state index in [1.807, 2.05) is 13.8 Å². The van der Waals surface area contributed by atoms with Crippen LogP contribution in [0.4, 0.5) is 0 Å². The van der Waals surface area contributed by atoms with Crippen molar-refractivity contribution in [1.82, 2.24) is 14.8 Å².